The number of carbonyl (C=O) groups excluding carboxylic acids is 2. The summed E-state index contributed by atoms with van der Waals surface area (Å²) in [5.74, 6) is 0.247. The van der Waals surface area contributed by atoms with Gasteiger partial charge in [-0.2, -0.15) is 0 Å². The van der Waals surface area contributed by atoms with E-state index in [9.17, 15) is 9.59 Å². The van der Waals surface area contributed by atoms with E-state index in [1.807, 2.05) is 12.1 Å². The van der Waals surface area contributed by atoms with Gasteiger partial charge < -0.3 is 19.5 Å². The van der Waals surface area contributed by atoms with Gasteiger partial charge in [0.25, 0.3) is 0 Å². The fourth-order valence-electron chi connectivity index (χ4n) is 4.63. The highest BCUT2D eigenvalue weighted by Crippen LogP contribution is 2.41. The molecule has 1 atom stereocenters. The number of anilines is 1. The Labute approximate surface area is 215 Å². The van der Waals surface area contributed by atoms with Crippen LogP contribution in [0.3, 0.4) is 0 Å². The maximum atomic E-state index is 13.0. The van der Waals surface area contributed by atoms with Crippen LogP contribution in [-0.4, -0.2) is 73.1 Å². The van der Waals surface area contributed by atoms with Crippen LogP contribution in [0.2, 0.25) is 0 Å². The Morgan fingerprint density at radius 3 is 2.72 bits per heavy atom. The second-order valence-corrected chi connectivity index (χ2v) is 8.72. The van der Waals surface area contributed by atoms with Crippen molar-refractivity contribution < 1.29 is 23.8 Å². The molecule has 1 N–H and O–H groups in total. The lowest BCUT2D eigenvalue weighted by atomic mass is 9.92. The average molecular weight is 513 g/mol. The summed E-state index contributed by atoms with van der Waals surface area (Å²) >= 11 is 0. The molecule has 1 unspecified atom stereocenters. The molecule has 10 heteroatoms. The van der Waals surface area contributed by atoms with E-state index in [1.165, 1.54) is 13.3 Å². The fraction of sp³-hybridized carbons (Fsp3) is 0.385. The van der Waals surface area contributed by atoms with E-state index in [0.717, 1.165) is 44.8 Å². The number of methoxy groups -OCH3 is 1. The van der Waals surface area contributed by atoms with E-state index in [-0.39, 0.29) is 24.1 Å². The molecule has 0 saturated carbocycles. The molecule has 190 valence electrons. The number of rotatable bonds is 8. The van der Waals surface area contributed by atoms with Gasteiger partial charge in [-0.25, -0.2) is 9.97 Å². The van der Waals surface area contributed by atoms with Crippen molar-refractivity contribution in [2.24, 2.45) is 0 Å². The number of benzene rings is 2. The minimum absolute atomic E-state index is 0. The lowest BCUT2D eigenvalue weighted by molar-refractivity contribution is -0.116. The Balaban J connectivity index is 0.00000304. The van der Waals surface area contributed by atoms with Gasteiger partial charge in [0.1, 0.15) is 12.2 Å². The Kier molecular flexibility index (Phi) is 8.03. The number of carbonyl (C=O) groups is 2. The number of nitrogens with one attached hydrogen (secondary N) is 1. The number of halogens is 1. The number of ether oxygens (including phenoxy) is 3. The zero-order valence-corrected chi connectivity index (χ0v) is 21.1. The molecule has 2 aliphatic heterocycles. The van der Waals surface area contributed by atoms with E-state index in [2.05, 4.69) is 20.2 Å². The number of Topliss-reactive ketones (excluding diaryl/α,β-unsaturated/α-hetero) is 1. The maximum absolute atomic E-state index is 13.0. The van der Waals surface area contributed by atoms with Gasteiger partial charge in [0.2, 0.25) is 5.91 Å². The lowest BCUT2D eigenvalue weighted by Crippen LogP contribution is -2.37. The second kappa shape index (κ2) is 11.2. The quantitative estimate of drug-likeness (QED) is 0.361. The highest BCUT2D eigenvalue weighted by atomic mass is 35.5. The van der Waals surface area contributed by atoms with Crippen molar-refractivity contribution in [2.45, 2.75) is 19.3 Å². The largest absolute Gasteiger partial charge is 0.493 e. The molecule has 36 heavy (non-hydrogen) atoms. The summed E-state index contributed by atoms with van der Waals surface area (Å²) in [6.07, 6.45) is 2.33. The molecule has 1 amide bonds. The molecule has 5 rings (SSSR count). The van der Waals surface area contributed by atoms with Crippen molar-refractivity contribution in [1.29, 1.82) is 0 Å². The van der Waals surface area contributed by atoms with Gasteiger partial charge in [0.05, 0.1) is 38.1 Å². The van der Waals surface area contributed by atoms with Crippen molar-refractivity contribution in [3.63, 3.8) is 0 Å². The zero-order valence-electron chi connectivity index (χ0n) is 20.3. The minimum atomic E-state index is -0.653. The highest BCUT2D eigenvalue weighted by Gasteiger charge is 2.35. The van der Waals surface area contributed by atoms with Crippen LogP contribution in [-0.2, 0) is 9.53 Å². The van der Waals surface area contributed by atoms with Gasteiger partial charge >= 0.3 is 0 Å². The van der Waals surface area contributed by atoms with E-state index >= 15 is 0 Å². The van der Waals surface area contributed by atoms with Crippen molar-refractivity contribution in [3.8, 4) is 11.5 Å². The third-order valence-electron chi connectivity index (χ3n) is 6.49. The summed E-state index contributed by atoms with van der Waals surface area (Å²) in [5.41, 5.74) is 3.18. The number of fused-ring (bicyclic) bond motifs is 2. The molecule has 1 fully saturated rings. The van der Waals surface area contributed by atoms with Gasteiger partial charge in [-0.1, -0.05) is 0 Å². The third kappa shape index (κ3) is 5.13. The van der Waals surface area contributed by atoms with Crippen LogP contribution in [0.1, 0.15) is 40.9 Å². The van der Waals surface area contributed by atoms with Crippen molar-refractivity contribution in [2.75, 3.05) is 51.9 Å². The Morgan fingerprint density at radius 2 is 1.97 bits per heavy atom. The number of aromatic nitrogens is 2. The summed E-state index contributed by atoms with van der Waals surface area (Å²) in [5, 5.41) is 3.60. The summed E-state index contributed by atoms with van der Waals surface area (Å²) in [7, 11) is 1.59. The number of nitrogens with zero attached hydrogens (tertiary/aromatic N) is 3. The molecular weight excluding hydrogens is 484 g/mol. The molecule has 3 aromatic rings. The van der Waals surface area contributed by atoms with Crippen molar-refractivity contribution in [1.82, 2.24) is 14.9 Å². The van der Waals surface area contributed by atoms with Gasteiger partial charge in [0, 0.05) is 42.3 Å². The molecule has 9 nitrogen and oxygen atoms in total. The molecule has 1 saturated heterocycles. The standard InChI is InChI=1S/C26H28N4O5.ClH/c1-16(31)17-4-5-20-18(12-17)24(26(32)29-20)25-19-13-22(33-2)23(14-21(19)27-15-28-25)35-9-3-6-30-7-10-34-11-8-30;/h4-5,12-15,24H,3,6-11H2,1-2H3,(H,29,32);1H. The first-order valence-corrected chi connectivity index (χ1v) is 11.8. The summed E-state index contributed by atoms with van der Waals surface area (Å²) in [6, 6.07) is 8.89. The topological polar surface area (TPSA) is 103 Å². The first-order valence-electron chi connectivity index (χ1n) is 11.8. The van der Waals surface area contributed by atoms with Crippen molar-refractivity contribution in [3.05, 3.63) is 53.5 Å². The minimum Gasteiger partial charge on any atom is -0.493 e. The smallest absolute Gasteiger partial charge is 0.238 e. The molecule has 0 radical (unpaired) electrons. The zero-order chi connectivity index (χ0) is 24.4. The maximum Gasteiger partial charge on any atom is 0.238 e. The number of ketones is 1. The van der Waals surface area contributed by atoms with Crippen LogP contribution in [0, 0.1) is 0 Å². The van der Waals surface area contributed by atoms with Crippen molar-refractivity contribution >= 4 is 40.7 Å². The van der Waals surface area contributed by atoms with Gasteiger partial charge in [-0.15, -0.1) is 12.4 Å². The van der Waals surface area contributed by atoms with Gasteiger partial charge in [0.15, 0.2) is 17.3 Å². The first kappa shape index (κ1) is 25.8. The lowest BCUT2D eigenvalue weighted by Gasteiger charge is -2.26. The van der Waals surface area contributed by atoms with Crippen LogP contribution in [0.5, 0.6) is 11.5 Å². The average Bonchev–Trinajstić information content (AvgIpc) is 3.21. The van der Waals surface area contributed by atoms with Crippen LogP contribution in [0.15, 0.2) is 36.7 Å². The van der Waals surface area contributed by atoms with Gasteiger partial charge in [-0.05, 0) is 43.2 Å². The van der Waals surface area contributed by atoms with Crippen LogP contribution in [0.25, 0.3) is 10.9 Å². The fourth-order valence-corrected chi connectivity index (χ4v) is 4.63. The molecule has 3 heterocycles. The monoisotopic (exact) mass is 512 g/mol. The molecule has 0 spiro atoms. The molecule has 0 bridgehead atoms. The SMILES string of the molecule is COc1cc2c(C3C(=O)Nc4ccc(C(C)=O)cc43)ncnc2cc1OCCCN1CCOCC1.Cl. The molecule has 2 aromatic carbocycles. The van der Waals surface area contributed by atoms with E-state index < -0.39 is 5.92 Å². The number of amides is 1. The molecule has 0 aliphatic carbocycles. The summed E-state index contributed by atoms with van der Waals surface area (Å²) in [6.45, 7) is 6.46. The van der Waals surface area contributed by atoms with E-state index in [0.29, 0.717) is 46.0 Å². The summed E-state index contributed by atoms with van der Waals surface area (Å²) < 4.78 is 17.1. The number of hydrogen-bond acceptors (Lipinski definition) is 8. The van der Waals surface area contributed by atoms with Gasteiger partial charge in [-0.3, -0.25) is 14.5 Å². The third-order valence-corrected chi connectivity index (χ3v) is 6.49. The second-order valence-electron chi connectivity index (χ2n) is 8.72. The highest BCUT2D eigenvalue weighted by molar-refractivity contribution is 6.08. The first-order chi connectivity index (χ1) is 17.0. The van der Waals surface area contributed by atoms with Crippen LogP contribution in [0.4, 0.5) is 5.69 Å². The Bertz CT molecular complexity index is 1280. The Hall–Kier alpha value is -3.27. The number of hydrogen-bond donors (Lipinski definition) is 1. The van der Waals surface area contributed by atoms with Crippen LogP contribution >= 0.6 is 12.4 Å². The molecule has 1 aromatic heterocycles. The van der Waals surface area contributed by atoms with Crippen LogP contribution < -0.4 is 14.8 Å². The Morgan fingerprint density at radius 1 is 1.17 bits per heavy atom. The predicted octanol–water partition coefficient (Wildman–Crippen LogP) is 3.45. The predicted molar refractivity (Wildman–Crippen MR) is 138 cm³/mol. The molecular formula is C26H29ClN4O5. The summed E-state index contributed by atoms with van der Waals surface area (Å²) in [4.78, 5) is 36.2. The van der Waals surface area contributed by atoms with E-state index in [1.54, 1.807) is 25.3 Å². The normalized spacial score (nSPS) is 17.3. The molecule has 2 aliphatic rings. The van der Waals surface area contributed by atoms with E-state index in [4.69, 9.17) is 14.2 Å². The number of morpholine rings is 1.